The Hall–Kier alpha value is -0.640. The molecule has 2 aliphatic rings. The van der Waals surface area contributed by atoms with Gasteiger partial charge in [-0.15, -0.1) is 4.33 Å². The molecular weight excluding hydrogens is 432 g/mol. The van der Waals surface area contributed by atoms with Crippen molar-refractivity contribution in [1.29, 1.82) is 0 Å². The van der Waals surface area contributed by atoms with Crippen LogP contribution in [0.25, 0.3) is 0 Å². The highest BCUT2D eigenvalue weighted by Gasteiger charge is 2.83. The molecule has 1 saturated heterocycles. The highest BCUT2D eigenvalue weighted by atomic mass is 32.2. The van der Waals surface area contributed by atoms with Crippen LogP contribution in [0.15, 0.2) is 0 Å². The Morgan fingerprint density at radius 2 is 1.37 bits per heavy atom. The lowest BCUT2D eigenvalue weighted by Crippen LogP contribution is -2.64. The standard InChI is InChI=1S/C12H17F6NO6S2/c13-10(14,12(17,18)27(23,24)25-20)11(15,16)26(21,22)19-6-5-8-3-1-2-4-9(8)7-19/h8-9,20H,1-7H2. The first kappa shape index (κ1) is 22.6. The van der Waals surface area contributed by atoms with E-state index >= 15 is 0 Å². The molecule has 27 heavy (non-hydrogen) atoms. The zero-order chi connectivity index (χ0) is 20.9. The predicted molar refractivity (Wildman–Crippen MR) is 78.0 cm³/mol. The Bertz CT molecular complexity index is 771. The Kier molecular flexibility index (Phi) is 5.87. The van der Waals surface area contributed by atoms with Crippen LogP contribution in [0.3, 0.4) is 0 Å². The predicted octanol–water partition coefficient (Wildman–Crippen LogP) is 2.47. The summed E-state index contributed by atoms with van der Waals surface area (Å²) in [4.78, 5) is 0. The van der Waals surface area contributed by atoms with Crippen LogP contribution in [-0.4, -0.2) is 55.9 Å². The van der Waals surface area contributed by atoms with Crippen LogP contribution in [-0.2, 0) is 24.5 Å². The summed E-state index contributed by atoms with van der Waals surface area (Å²) in [5.41, 5.74) is 0. The smallest absolute Gasteiger partial charge is 0.235 e. The van der Waals surface area contributed by atoms with Gasteiger partial charge in [0.2, 0.25) is 0 Å². The fourth-order valence-corrected chi connectivity index (χ4v) is 5.59. The molecule has 2 fully saturated rings. The van der Waals surface area contributed by atoms with Crippen LogP contribution in [0.4, 0.5) is 26.3 Å². The number of nitrogens with zero attached hydrogens (tertiary/aromatic N) is 1. The maximum absolute atomic E-state index is 14.1. The minimum atomic E-state index is -6.94. The van der Waals surface area contributed by atoms with E-state index in [0.717, 1.165) is 12.8 Å². The lowest BCUT2D eigenvalue weighted by Gasteiger charge is -2.42. The van der Waals surface area contributed by atoms with Crippen molar-refractivity contribution >= 4 is 20.1 Å². The van der Waals surface area contributed by atoms with E-state index < -0.39 is 49.7 Å². The third-order valence-corrected chi connectivity index (χ3v) is 8.06. The average molecular weight is 449 g/mol. The maximum Gasteiger partial charge on any atom is 0.441 e. The zero-order valence-corrected chi connectivity index (χ0v) is 15.3. The minimum absolute atomic E-state index is 0.00407. The summed E-state index contributed by atoms with van der Waals surface area (Å²) in [6.07, 6.45) is 2.83. The Morgan fingerprint density at radius 1 is 0.852 bits per heavy atom. The number of hydrogen-bond donors (Lipinski definition) is 1. The summed E-state index contributed by atoms with van der Waals surface area (Å²) in [6.45, 7) is -1.13. The molecule has 2 atom stereocenters. The molecule has 1 saturated carbocycles. The quantitative estimate of drug-likeness (QED) is 0.380. The third kappa shape index (κ3) is 3.34. The number of rotatable bonds is 6. The van der Waals surface area contributed by atoms with Crippen LogP contribution in [0.2, 0.25) is 0 Å². The van der Waals surface area contributed by atoms with Crippen molar-refractivity contribution in [3.05, 3.63) is 0 Å². The SMILES string of the molecule is O=S(=O)(OO)C(F)(F)C(F)(F)C(F)(F)S(=O)(=O)N1CCC2CCCCC2C1. The van der Waals surface area contributed by atoms with Crippen molar-refractivity contribution in [1.82, 2.24) is 4.31 Å². The molecule has 0 bridgehead atoms. The highest BCUT2D eigenvalue weighted by Crippen LogP contribution is 2.52. The van der Waals surface area contributed by atoms with Gasteiger partial charge in [0, 0.05) is 13.1 Å². The largest absolute Gasteiger partial charge is 0.441 e. The Morgan fingerprint density at radius 3 is 1.89 bits per heavy atom. The van der Waals surface area contributed by atoms with E-state index in [0.29, 0.717) is 12.8 Å². The molecule has 0 aromatic rings. The van der Waals surface area contributed by atoms with E-state index in [1.54, 1.807) is 0 Å². The summed E-state index contributed by atoms with van der Waals surface area (Å²) >= 11 is 0. The van der Waals surface area contributed by atoms with Crippen LogP contribution in [0.5, 0.6) is 0 Å². The molecule has 1 aliphatic carbocycles. The number of hydrogen-bond acceptors (Lipinski definition) is 6. The van der Waals surface area contributed by atoms with Crippen molar-refractivity contribution in [3.8, 4) is 0 Å². The van der Waals surface area contributed by atoms with Gasteiger partial charge in [-0.05, 0) is 24.7 Å². The molecular formula is C12H17F6NO6S2. The van der Waals surface area contributed by atoms with Gasteiger partial charge in [-0.3, -0.25) is 0 Å². The van der Waals surface area contributed by atoms with E-state index in [-0.39, 0.29) is 22.6 Å². The molecule has 1 heterocycles. The van der Waals surface area contributed by atoms with Crippen molar-refractivity contribution in [2.75, 3.05) is 13.1 Å². The fraction of sp³-hybridized carbons (Fsp3) is 1.00. The molecule has 0 amide bonds. The topological polar surface area (TPSA) is 101 Å². The average Bonchev–Trinajstić information content (AvgIpc) is 2.60. The van der Waals surface area contributed by atoms with E-state index in [1.165, 1.54) is 0 Å². The van der Waals surface area contributed by atoms with Crippen LogP contribution in [0.1, 0.15) is 32.1 Å². The summed E-state index contributed by atoms with van der Waals surface area (Å²) in [7, 11) is -13.3. The van der Waals surface area contributed by atoms with Crippen LogP contribution >= 0.6 is 0 Å². The van der Waals surface area contributed by atoms with Crippen LogP contribution in [0, 0.1) is 11.8 Å². The normalized spacial score (nSPS) is 26.6. The molecule has 0 aromatic heterocycles. The summed E-state index contributed by atoms with van der Waals surface area (Å²) in [5, 5.41) is -5.36. The summed E-state index contributed by atoms with van der Waals surface area (Å²) < 4.78 is 130. The lowest BCUT2D eigenvalue weighted by molar-refractivity contribution is -0.255. The Balaban J connectivity index is 2.38. The van der Waals surface area contributed by atoms with Crippen LogP contribution < -0.4 is 0 Å². The molecule has 0 radical (unpaired) electrons. The van der Waals surface area contributed by atoms with Gasteiger partial charge >= 0.3 is 26.5 Å². The second kappa shape index (κ2) is 7.00. The van der Waals surface area contributed by atoms with Crippen molar-refractivity contribution in [2.45, 2.75) is 48.5 Å². The van der Waals surface area contributed by atoms with Gasteiger partial charge in [0.15, 0.2) is 0 Å². The molecule has 0 spiro atoms. The van der Waals surface area contributed by atoms with Gasteiger partial charge in [-0.2, -0.15) is 39.1 Å². The molecule has 160 valence electrons. The second-order valence-corrected chi connectivity index (χ2v) is 10.1. The number of alkyl halides is 6. The van der Waals surface area contributed by atoms with E-state index in [9.17, 15) is 43.2 Å². The Labute approximate surface area is 151 Å². The van der Waals surface area contributed by atoms with Crippen molar-refractivity contribution in [3.63, 3.8) is 0 Å². The van der Waals surface area contributed by atoms with Gasteiger partial charge in [-0.25, -0.2) is 13.7 Å². The molecule has 2 unspecified atom stereocenters. The van der Waals surface area contributed by atoms with E-state index in [2.05, 4.69) is 4.33 Å². The number of piperidine rings is 1. The molecule has 1 aliphatic heterocycles. The van der Waals surface area contributed by atoms with E-state index in [4.69, 9.17) is 5.26 Å². The van der Waals surface area contributed by atoms with Gasteiger partial charge in [0.25, 0.3) is 10.0 Å². The minimum Gasteiger partial charge on any atom is -0.235 e. The maximum atomic E-state index is 14.1. The summed E-state index contributed by atoms with van der Waals surface area (Å²) in [6, 6.07) is 0. The molecule has 7 nitrogen and oxygen atoms in total. The lowest BCUT2D eigenvalue weighted by atomic mass is 9.76. The molecule has 0 aromatic carbocycles. The second-order valence-electron chi connectivity index (χ2n) is 6.59. The fourth-order valence-electron chi connectivity index (χ4n) is 3.48. The van der Waals surface area contributed by atoms with Gasteiger partial charge in [0.1, 0.15) is 0 Å². The number of sulfonamides is 1. The first-order valence-electron chi connectivity index (χ1n) is 7.84. The van der Waals surface area contributed by atoms with Crippen molar-refractivity contribution < 1.29 is 52.8 Å². The summed E-state index contributed by atoms with van der Waals surface area (Å²) in [5.74, 6) is -7.27. The van der Waals surface area contributed by atoms with E-state index in [1.807, 2.05) is 0 Å². The zero-order valence-electron chi connectivity index (χ0n) is 13.6. The third-order valence-electron chi connectivity index (χ3n) is 5.06. The molecule has 15 heteroatoms. The number of fused-ring (bicyclic) bond motifs is 1. The molecule has 1 N–H and O–H groups in total. The monoisotopic (exact) mass is 449 g/mol. The first-order valence-corrected chi connectivity index (χ1v) is 10.7. The first-order chi connectivity index (χ1) is 12.1. The number of halogens is 6. The van der Waals surface area contributed by atoms with Crippen molar-refractivity contribution in [2.24, 2.45) is 11.8 Å². The highest BCUT2D eigenvalue weighted by molar-refractivity contribution is 7.90. The van der Waals surface area contributed by atoms with Gasteiger partial charge in [-0.1, -0.05) is 19.3 Å². The molecule has 2 rings (SSSR count). The van der Waals surface area contributed by atoms with Gasteiger partial charge < -0.3 is 0 Å². The van der Waals surface area contributed by atoms with Gasteiger partial charge in [0.05, 0.1) is 0 Å².